The van der Waals surface area contributed by atoms with Crippen molar-refractivity contribution in [1.82, 2.24) is 0 Å². The molecule has 12 nitrogen and oxygen atoms in total. The molecule has 0 bridgehead atoms. The van der Waals surface area contributed by atoms with Gasteiger partial charge in [0.2, 0.25) is 17.5 Å². The van der Waals surface area contributed by atoms with Gasteiger partial charge in [-0.2, -0.15) is 0 Å². The summed E-state index contributed by atoms with van der Waals surface area (Å²) < 4.78 is 16.2. The molecule has 4 atom stereocenters. The molecule has 2 heterocycles. The van der Waals surface area contributed by atoms with E-state index in [4.69, 9.17) is 13.9 Å². The van der Waals surface area contributed by atoms with Gasteiger partial charge >= 0.3 is 0 Å². The Kier molecular flexibility index (Phi) is 5.22. The van der Waals surface area contributed by atoms with Crippen LogP contribution in [0, 0.1) is 0 Å². The van der Waals surface area contributed by atoms with Crippen LogP contribution in [0.2, 0.25) is 0 Å². The number of benzene rings is 2. The number of aliphatic hydroxyl groups is 3. The standard InChI is InChI=1S/C20H18O12/c21-7-3-8(22)13-12(4-7)31-18(6-1-9(23)14(26)10(24)2-6)19(16(13)28)32-20-17(29)15(27)11(25)5-30-20/h1-4,11,15,17,20-27,29H,5H2/t11-,15-,17+,20-/m1/s1. The van der Waals surface area contributed by atoms with E-state index in [2.05, 4.69) is 0 Å². The Bertz CT molecular complexity index is 1230. The highest BCUT2D eigenvalue weighted by Gasteiger charge is 2.40. The molecule has 1 aliphatic rings. The molecule has 32 heavy (non-hydrogen) atoms. The van der Waals surface area contributed by atoms with Crippen LogP contribution in [0.3, 0.4) is 0 Å². The minimum atomic E-state index is -1.78. The van der Waals surface area contributed by atoms with E-state index in [0.29, 0.717) is 0 Å². The molecule has 2 aromatic carbocycles. The highest BCUT2D eigenvalue weighted by Crippen LogP contribution is 2.42. The third-order valence-corrected chi connectivity index (χ3v) is 4.94. The molecule has 4 rings (SSSR count). The van der Waals surface area contributed by atoms with E-state index in [0.717, 1.165) is 24.3 Å². The molecule has 0 amide bonds. The summed E-state index contributed by atoms with van der Waals surface area (Å²) in [6.07, 6.45) is -6.49. The molecule has 170 valence electrons. The van der Waals surface area contributed by atoms with Crippen molar-refractivity contribution in [3.63, 3.8) is 0 Å². The Morgan fingerprint density at radius 2 is 1.53 bits per heavy atom. The Morgan fingerprint density at radius 3 is 2.19 bits per heavy atom. The molecular weight excluding hydrogens is 432 g/mol. The molecule has 0 spiro atoms. The number of aromatic hydroxyl groups is 5. The fourth-order valence-electron chi connectivity index (χ4n) is 3.30. The Balaban J connectivity index is 1.95. The number of phenolic OH excluding ortho intramolecular Hbond substituents is 5. The summed E-state index contributed by atoms with van der Waals surface area (Å²) in [5.41, 5.74) is -1.44. The molecule has 1 saturated heterocycles. The van der Waals surface area contributed by atoms with Crippen molar-refractivity contribution in [2.24, 2.45) is 0 Å². The maximum atomic E-state index is 13.2. The van der Waals surface area contributed by atoms with E-state index in [9.17, 15) is 45.6 Å². The van der Waals surface area contributed by atoms with Gasteiger partial charge in [0.05, 0.1) is 6.61 Å². The molecule has 8 N–H and O–H groups in total. The van der Waals surface area contributed by atoms with E-state index in [-0.39, 0.29) is 11.1 Å². The van der Waals surface area contributed by atoms with E-state index >= 15 is 0 Å². The van der Waals surface area contributed by atoms with Crippen molar-refractivity contribution in [1.29, 1.82) is 0 Å². The first kappa shape index (κ1) is 21.5. The number of rotatable bonds is 3. The Hall–Kier alpha value is -3.71. The zero-order chi connectivity index (χ0) is 23.3. The van der Waals surface area contributed by atoms with Gasteiger partial charge in [0.1, 0.15) is 40.8 Å². The summed E-state index contributed by atoms with van der Waals surface area (Å²) in [6, 6.07) is 3.78. The molecule has 12 heteroatoms. The smallest absolute Gasteiger partial charge is 0.239 e. The highest BCUT2D eigenvalue weighted by molar-refractivity contribution is 5.88. The van der Waals surface area contributed by atoms with Crippen molar-refractivity contribution >= 4 is 11.0 Å². The third kappa shape index (κ3) is 3.50. The summed E-state index contributed by atoms with van der Waals surface area (Å²) in [5.74, 6) is -4.54. The van der Waals surface area contributed by atoms with Crippen LogP contribution in [0.4, 0.5) is 0 Å². The maximum absolute atomic E-state index is 13.2. The van der Waals surface area contributed by atoms with Crippen LogP contribution in [-0.4, -0.2) is 72.1 Å². The van der Waals surface area contributed by atoms with Crippen molar-refractivity contribution in [2.45, 2.75) is 24.6 Å². The first-order valence-electron chi connectivity index (χ1n) is 9.19. The Morgan fingerprint density at radius 1 is 0.875 bits per heavy atom. The lowest BCUT2D eigenvalue weighted by atomic mass is 10.1. The molecule has 0 aliphatic carbocycles. The summed E-state index contributed by atoms with van der Waals surface area (Å²) in [5, 5.41) is 78.4. The molecule has 0 saturated carbocycles. The average Bonchev–Trinajstić information content (AvgIpc) is 2.72. The summed E-state index contributed by atoms with van der Waals surface area (Å²) in [4.78, 5) is 13.2. The van der Waals surface area contributed by atoms with E-state index in [1.54, 1.807) is 0 Å². The van der Waals surface area contributed by atoms with Crippen LogP contribution in [-0.2, 0) is 4.74 Å². The molecule has 1 aliphatic heterocycles. The largest absolute Gasteiger partial charge is 0.508 e. The monoisotopic (exact) mass is 450 g/mol. The average molecular weight is 450 g/mol. The molecule has 0 unspecified atom stereocenters. The van der Waals surface area contributed by atoms with E-state index in [1.807, 2.05) is 0 Å². The number of hydrogen-bond donors (Lipinski definition) is 8. The van der Waals surface area contributed by atoms with Crippen molar-refractivity contribution in [2.75, 3.05) is 6.61 Å². The molecule has 3 aromatic rings. The molecular formula is C20H18O12. The van der Waals surface area contributed by atoms with Crippen molar-refractivity contribution in [3.05, 3.63) is 34.5 Å². The fourth-order valence-corrected chi connectivity index (χ4v) is 3.30. The van der Waals surface area contributed by atoms with Gasteiger partial charge in [-0.3, -0.25) is 4.79 Å². The molecule has 0 radical (unpaired) electrons. The minimum Gasteiger partial charge on any atom is -0.508 e. The van der Waals surface area contributed by atoms with Gasteiger partial charge in [-0.15, -0.1) is 0 Å². The minimum absolute atomic E-state index is 0.166. The second kappa shape index (κ2) is 7.76. The first-order valence-corrected chi connectivity index (χ1v) is 9.19. The van der Waals surface area contributed by atoms with Gasteiger partial charge in [-0.05, 0) is 12.1 Å². The van der Waals surface area contributed by atoms with Gasteiger partial charge in [0, 0.05) is 17.7 Å². The maximum Gasteiger partial charge on any atom is 0.239 e. The van der Waals surface area contributed by atoms with Gasteiger partial charge in [0.15, 0.2) is 23.0 Å². The quantitative estimate of drug-likeness (QED) is 0.244. The SMILES string of the molecule is O=c1c(O[C@H]2OC[C@@H](O)[C@@H](O)[C@@H]2O)c(-c2cc(O)c(O)c(O)c2)oc2cc(O)cc(O)c12. The normalized spacial score (nSPS) is 23.3. The first-order chi connectivity index (χ1) is 15.1. The number of phenols is 5. The van der Waals surface area contributed by atoms with Crippen LogP contribution in [0.15, 0.2) is 33.5 Å². The van der Waals surface area contributed by atoms with Crippen molar-refractivity contribution in [3.8, 4) is 45.8 Å². The zero-order valence-electron chi connectivity index (χ0n) is 16.0. The van der Waals surface area contributed by atoms with Crippen LogP contribution in [0.1, 0.15) is 0 Å². The highest BCUT2D eigenvalue weighted by atomic mass is 16.7. The number of fused-ring (bicyclic) bond motifs is 1. The van der Waals surface area contributed by atoms with Gasteiger partial charge in [-0.25, -0.2) is 0 Å². The summed E-state index contributed by atoms with van der Waals surface area (Å²) >= 11 is 0. The second-order valence-corrected chi connectivity index (χ2v) is 7.16. The van der Waals surface area contributed by atoms with Crippen LogP contribution in [0.5, 0.6) is 34.5 Å². The summed E-state index contributed by atoms with van der Waals surface area (Å²) in [7, 11) is 0. The third-order valence-electron chi connectivity index (χ3n) is 4.94. The second-order valence-electron chi connectivity index (χ2n) is 7.16. The van der Waals surface area contributed by atoms with Gasteiger partial charge in [-0.1, -0.05) is 0 Å². The van der Waals surface area contributed by atoms with E-state index < -0.39 is 82.3 Å². The van der Waals surface area contributed by atoms with E-state index in [1.165, 1.54) is 0 Å². The predicted octanol–water partition coefficient (Wildman–Crippen LogP) is -0.194. The number of ether oxygens (including phenoxy) is 2. The summed E-state index contributed by atoms with van der Waals surface area (Å²) in [6.45, 7) is -0.433. The van der Waals surface area contributed by atoms with Crippen molar-refractivity contribution < 1.29 is 54.7 Å². The lowest BCUT2D eigenvalue weighted by Gasteiger charge is -2.34. The zero-order valence-corrected chi connectivity index (χ0v) is 16.0. The number of hydrogen-bond acceptors (Lipinski definition) is 12. The van der Waals surface area contributed by atoms with Crippen LogP contribution >= 0.6 is 0 Å². The van der Waals surface area contributed by atoms with Crippen LogP contribution < -0.4 is 10.2 Å². The lowest BCUT2D eigenvalue weighted by Crippen LogP contribution is -2.55. The van der Waals surface area contributed by atoms with Crippen LogP contribution in [0.25, 0.3) is 22.3 Å². The Labute approximate surface area is 178 Å². The molecule has 1 fully saturated rings. The van der Waals surface area contributed by atoms with Gasteiger partial charge < -0.3 is 54.7 Å². The lowest BCUT2D eigenvalue weighted by molar-refractivity contribution is -0.242. The topological polar surface area (TPSA) is 211 Å². The molecule has 1 aromatic heterocycles. The van der Waals surface area contributed by atoms with Gasteiger partial charge in [0.25, 0.3) is 0 Å². The predicted molar refractivity (Wildman–Crippen MR) is 105 cm³/mol. The fraction of sp³-hybridized carbons (Fsp3) is 0.250. The number of aliphatic hydroxyl groups excluding tert-OH is 3.